The molecular formula is C17H23N3O3. The number of anilines is 1. The van der Waals surface area contributed by atoms with Crippen LogP contribution in [-0.4, -0.2) is 35.6 Å². The van der Waals surface area contributed by atoms with E-state index in [0.717, 1.165) is 18.5 Å². The molecule has 1 amide bonds. The molecule has 2 rings (SSSR count). The average molecular weight is 317 g/mol. The Bertz CT molecular complexity index is 602. The second kappa shape index (κ2) is 7.39. The van der Waals surface area contributed by atoms with Crippen molar-refractivity contribution in [2.24, 2.45) is 5.73 Å². The maximum absolute atomic E-state index is 12.3. The van der Waals surface area contributed by atoms with Crippen LogP contribution in [-0.2, 0) is 9.59 Å². The number of hydrogen-bond donors (Lipinski definition) is 4. The van der Waals surface area contributed by atoms with E-state index in [4.69, 9.17) is 10.8 Å². The monoisotopic (exact) mass is 317 g/mol. The lowest BCUT2D eigenvalue weighted by Gasteiger charge is -2.32. The van der Waals surface area contributed by atoms with Crippen LogP contribution in [0.2, 0.25) is 0 Å². The normalized spacial score (nSPS) is 21.7. The molecule has 124 valence electrons. The van der Waals surface area contributed by atoms with E-state index in [9.17, 15) is 9.59 Å². The second-order valence-corrected chi connectivity index (χ2v) is 5.84. The number of piperidine rings is 1. The number of nitrogens with one attached hydrogen (secondary N) is 2. The van der Waals surface area contributed by atoms with Gasteiger partial charge in [-0.2, -0.15) is 0 Å². The minimum Gasteiger partial charge on any atom is -0.478 e. The van der Waals surface area contributed by atoms with Gasteiger partial charge in [0.15, 0.2) is 0 Å². The van der Waals surface area contributed by atoms with Gasteiger partial charge in [-0.25, -0.2) is 4.79 Å². The zero-order valence-corrected chi connectivity index (χ0v) is 13.3. The predicted octanol–water partition coefficient (Wildman–Crippen LogP) is 1.58. The molecule has 1 fully saturated rings. The van der Waals surface area contributed by atoms with Crippen molar-refractivity contribution >= 4 is 23.6 Å². The summed E-state index contributed by atoms with van der Waals surface area (Å²) < 4.78 is 0. The number of hydrogen-bond acceptors (Lipinski definition) is 4. The molecule has 0 saturated carbocycles. The number of amides is 1. The lowest BCUT2D eigenvalue weighted by Crippen LogP contribution is -2.60. The fraction of sp³-hybridized carbons (Fsp3) is 0.412. The van der Waals surface area contributed by atoms with E-state index in [1.165, 1.54) is 0 Å². The number of carbonyl (C=O) groups excluding carboxylic acids is 1. The van der Waals surface area contributed by atoms with Crippen LogP contribution >= 0.6 is 0 Å². The average Bonchev–Trinajstić information content (AvgIpc) is 2.54. The SMILES string of the molecule is CCC(=Cc1ccc(NC(=O)C2(N)CCCNC2)cc1)C(=O)O. The van der Waals surface area contributed by atoms with Crippen molar-refractivity contribution in [1.82, 2.24) is 5.32 Å². The molecule has 0 bridgehead atoms. The van der Waals surface area contributed by atoms with Crippen LogP contribution in [0.15, 0.2) is 29.8 Å². The van der Waals surface area contributed by atoms with Crippen molar-refractivity contribution in [1.29, 1.82) is 0 Å². The number of benzene rings is 1. The summed E-state index contributed by atoms with van der Waals surface area (Å²) in [5.41, 5.74) is 7.04. The first-order valence-electron chi connectivity index (χ1n) is 7.79. The van der Waals surface area contributed by atoms with E-state index >= 15 is 0 Å². The Morgan fingerprint density at radius 2 is 2.09 bits per heavy atom. The van der Waals surface area contributed by atoms with Crippen molar-refractivity contribution in [3.8, 4) is 0 Å². The minimum atomic E-state index is -0.917. The highest BCUT2D eigenvalue weighted by molar-refractivity contribution is 5.98. The van der Waals surface area contributed by atoms with E-state index in [1.807, 2.05) is 0 Å². The zero-order valence-electron chi connectivity index (χ0n) is 13.3. The van der Waals surface area contributed by atoms with Crippen LogP contribution in [0.25, 0.3) is 6.08 Å². The third-order valence-electron chi connectivity index (χ3n) is 4.03. The summed E-state index contributed by atoms with van der Waals surface area (Å²) in [5, 5.41) is 15.0. The van der Waals surface area contributed by atoms with Gasteiger partial charge in [0.05, 0.1) is 0 Å². The van der Waals surface area contributed by atoms with Crippen molar-refractivity contribution in [2.45, 2.75) is 31.7 Å². The third-order valence-corrected chi connectivity index (χ3v) is 4.03. The Morgan fingerprint density at radius 3 is 2.61 bits per heavy atom. The lowest BCUT2D eigenvalue weighted by atomic mass is 9.90. The molecule has 6 heteroatoms. The third kappa shape index (κ3) is 4.40. The molecule has 0 aromatic heterocycles. The van der Waals surface area contributed by atoms with E-state index < -0.39 is 11.5 Å². The molecule has 1 aliphatic rings. The van der Waals surface area contributed by atoms with Gasteiger partial charge in [0.25, 0.3) is 0 Å². The van der Waals surface area contributed by atoms with Crippen molar-refractivity contribution in [3.63, 3.8) is 0 Å². The molecule has 1 atom stereocenters. The smallest absolute Gasteiger partial charge is 0.331 e. The van der Waals surface area contributed by atoms with Gasteiger partial charge in [-0.3, -0.25) is 4.79 Å². The summed E-state index contributed by atoms with van der Waals surface area (Å²) in [4.78, 5) is 23.3. The maximum Gasteiger partial charge on any atom is 0.331 e. The molecule has 1 aromatic carbocycles. The van der Waals surface area contributed by atoms with Crippen molar-refractivity contribution in [3.05, 3.63) is 35.4 Å². The minimum absolute atomic E-state index is 0.201. The van der Waals surface area contributed by atoms with Gasteiger partial charge >= 0.3 is 5.97 Å². The molecular weight excluding hydrogens is 294 g/mol. The van der Waals surface area contributed by atoms with Gasteiger partial charge in [-0.05, 0) is 49.6 Å². The summed E-state index contributed by atoms with van der Waals surface area (Å²) in [7, 11) is 0. The zero-order chi connectivity index (χ0) is 16.9. The van der Waals surface area contributed by atoms with Crippen LogP contribution in [0.5, 0.6) is 0 Å². The van der Waals surface area contributed by atoms with E-state index in [0.29, 0.717) is 30.6 Å². The van der Waals surface area contributed by atoms with Crippen LogP contribution in [0.3, 0.4) is 0 Å². The van der Waals surface area contributed by atoms with E-state index in [-0.39, 0.29) is 5.91 Å². The Balaban J connectivity index is 2.05. The van der Waals surface area contributed by atoms with E-state index in [2.05, 4.69) is 10.6 Å². The quantitative estimate of drug-likeness (QED) is 0.617. The summed E-state index contributed by atoms with van der Waals surface area (Å²) in [6.07, 6.45) is 3.62. The topological polar surface area (TPSA) is 104 Å². The van der Waals surface area contributed by atoms with Gasteiger partial charge in [-0.1, -0.05) is 19.1 Å². The number of rotatable bonds is 5. The molecule has 0 spiro atoms. The summed E-state index contributed by atoms with van der Waals surface area (Å²) in [5.74, 6) is -1.12. The molecule has 1 heterocycles. The van der Waals surface area contributed by atoms with Gasteiger partial charge in [0.2, 0.25) is 5.91 Å². The number of carboxylic acids is 1. The summed E-state index contributed by atoms with van der Waals surface area (Å²) >= 11 is 0. The number of carboxylic acid groups (broad SMARTS) is 1. The largest absolute Gasteiger partial charge is 0.478 e. The first kappa shape index (κ1) is 17.2. The standard InChI is InChI=1S/C17H23N3O3/c1-2-13(15(21)22)10-12-4-6-14(7-5-12)20-16(23)17(18)8-3-9-19-11-17/h4-7,10,19H,2-3,8-9,11,18H2,1H3,(H,20,23)(H,21,22). The van der Waals surface area contributed by atoms with Crippen molar-refractivity contribution < 1.29 is 14.7 Å². The number of carbonyl (C=O) groups is 2. The van der Waals surface area contributed by atoms with Gasteiger partial charge in [0.1, 0.15) is 5.54 Å². The van der Waals surface area contributed by atoms with Crippen LogP contribution < -0.4 is 16.4 Å². The molecule has 1 aromatic rings. The fourth-order valence-electron chi connectivity index (χ4n) is 2.56. The Labute approximate surface area is 135 Å². The summed E-state index contributed by atoms with van der Waals surface area (Å²) in [6, 6.07) is 7.05. The predicted molar refractivity (Wildman–Crippen MR) is 90.0 cm³/mol. The maximum atomic E-state index is 12.3. The highest BCUT2D eigenvalue weighted by atomic mass is 16.4. The van der Waals surface area contributed by atoms with E-state index in [1.54, 1.807) is 37.3 Å². The highest BCUT2D eigenvalue weighted by Crippen LogP contribution is 2.18. The van der Waals surface area contributed by atoms with Gasteiger partial charge < -0.3 is 21.5 Å². The van der Waals surface area contributed by atoms with Crippen LogP contribution in [0, 0.1) is 0 Å². The molecule has 5 N–H and O–H groups in total. The van der Waals surface area contributed by atoms with Crippen molar-refractivity contribution in [2.75, 3.05) is 18.4 Å². The molecule has 0 aliphatic carbocycles. The Hall–Kier alpha value is -2.18. The number of nitrogens with two attached hydrogens (primary N) is 1. The molecule has 1 unspecified atom stereocenters. The van der Waals surface area contributed by atoms with Gasteiger partial charge in [0, 0.05) is 17.8 Å². The first-order valence-corrected chi connectivity index (χ1v) is 7.79. The molecule has 6 nitrogen and oxygen atoms in total. The highest BCUT2D eigenvalue weighted by Gasteiger charge is 2.35. The molecule has 23 heavy (non-hydrogen) atoms. The molecule has 0 radical (unpaired) electrons. The van der Waals surface area contributed by atoms with Crippen LogP contribution in [0.4, 0.5) is 5.69 Å². The summed E-state index contributed by atoms with van der Waals surface area (Å²) in [6.45, 7) is 3.15. The second-order valence-electron chi connectivity index (χ2n) is 5.84. The first-order chi connectivity index (χ1) is 10.9. The lowest BCUT2D eigenvalue weighted by molar-refractivity contribution is -0.132. The fourth-order valence-corrected chi connectivity index (χ4v) is 2.56. The Kier molecular flexibility index (Phi) is 5.52. The molecule has 1 saturated heterocycles. The molecule has 1 aliphatic heterocycles. The Morgan fingerprint density at radius 1 is 1.39 bits per heavy atom. The van der Waals surface area contributed by atoms with Gasteiger partial charge in [-0.15, -0.1) is 0 Å². The number of aliphatic carboxylic acids is 1. The van der Waals surface area contributed by atoms with Crippen LogP contribution in [0.1, 0.15) is 31.7 Å².